The summed E-state index contributed by atoms with van der Waals surface area (Å²) in [5.41, 5.74) is 2.16. The molecule has 1 aromatic carbocycles. The van der Waals surface area contributed by atoms with Gasteiger partial charge >= 0.3 is 24.3 Å². The first-order valence-corrected chi connectivity index (χ1v) is 8.14. The second-order valence-electron chi connectivity index (χ2n) is 5.69. The minimum absolute atomic E-state index is 0.834. The summed E-state index contributed by atoms with van der Waals surface area (Å²) in [5, 5.41) is 14.2. The highest BCUT2D eigenvalue weighted by Crippen LogP contribution is 2.14. The summed E-state index contributed by atoms with van der Waals surface area (Å²) in [6.07, 6.45) is -10.2. The van der Waals surface area contributed by atoms with E-state index in [1.807, 2.05) is 18.2 Å². The smallest absolute Gasteiger partial charge is 0.475 e. The van der Waals surface area contributed by atoms with Crippen LogP contribution in [0.1, 0.15) is 5.82 Å². The Morgan fingerprint density at radius 2 is 1.47 bits per heavy atom. The molecule has 0 unspecified atom stereocenters. The van der Waals surface area contributed by atoms with Crippen LogP contribution in [0.4, 0.5) is 26.3 Å². The third-order valence-corrected chi connectivity index (χ3v) is 3.40. The van der Waals surface area contributed by atoms with Crippen LogP contribution in [0.3, 0.4) is 0 Å². The SMILES string of the molecule is O=C(O)C(F)(F)F.O=C(O)C(F)(F)F.c1ccc2[nH]c(CN3CCOCC3)nc2c1. The van der Waals surface area contributed by atoms with Crippen molar-refractivity contribution >= 4 is 23.0 Å². The Morgan fingerprint density at radius 3 is 1.90 bits per heavy atom. The van der Waals surface area contributed by atoms with Crippen LogP contribution in [-0.2, 0) is 20.9 Å². The number of aliphatic carboxylic acids is 2. The molecule has 2 heterocycles. The van der Waals surface area contributed by atoms with E-state index >= 15 is 0 Å². The van der Waals surface area contributed by atoms with Gasteiger partial charge in [-0.2, -0.15) is 26.3 Å². The lowest BCUT2D eigenvalue weighted by Gasteiger charge is -2.25. The summed E-state index contributed by atoms with van der Waals surface area (Å²) in [6, 6.07) is 8.14. The van der Waals surface area contributed by atoms with Gasteiger partial charge in [0.1, 0.15) is 5.82 Å². The number of benzene rings is 1. The van der Waals surface area contributed by atoms with E-state index in [9.17, 15) is 26.3 Å². The summed E-state index contributed by atoms with van der Waals surface area (Å²) in [4.78, 5) is 28.1. The van der Waals surface area contributed by atoms with Gasteiger partial charge < -0.3 is 19.9 Å². The van der Waals surface area contributed by atoms with Crippen LogP contribution < -0.4 is 0 Å². The normalized spacial score (nSPS) is 14.9. The predicted octanol–water partition coefficient (Wildman–Crippen LogP) is 2.66. The fourth-order valence-corrected chi connectivity index (χ4v) is 2.05. The van der Waals surface area contributed by atoms with Gasteiger partial charge in [-0.3, -0.25) is 4.90 Å². The van der Waals surface area contributed by atoms with Gasteiger partial charge in [-0.05, 0) is 12.1 Å². The van der Waals surface area contributed by atoms with Crippen LogP contribution in [0.15, 0.2) is 24.3 Å². The van der Waals surface area contributed by atoms with Crippen LogP contribution in [0.2, 0.25) is 0 Å². The summed E-state index contributed by atoms with van der Waals surface area (Å²) < 4.78 is 68.8. The molecule has 1 aliphatic heterocycles. The van der Waals surface area contributed by atoms with Crippen LogP contribution in [0.25, 0.3) is 11.0 Å². The number of imidazole rings is 1. The van der Waals surface area contributed by atoms with Crippen LogP contribution in [0.5, 0.6) is 0 Å². The minimum atomic E-state index is -5.08. The molecular weight excluding hydrogens is 428 g/mol. The van der Waals surface area contributed by atoms with Gasteiger partial charge in [-0.15, -0.1) is 0 Å². The third-order valence-electron chi connectivity index (χ3n) is 3.40. The molecule has 1 aliphatic rings. The van der Waals surface area contributed by atoms with Crippen LogP contribution in [0, 0.1) is 0 Å². The van der Waals surface area contributed by atoms with E-state index in [0.717, 1.165) is 49.7 Å². The maximum Gasteiger partial charge on any atom is 0.490 e. The molecular formula is C16H17F6N3O5. The van der Waals surface area contributed by atoms with Crippen LogP contribution in [-0.4, -0.2) is 75.7 Å². The number of rotatable bonds is 2. The molecule has 0 saturated carbocycles. The largest absolute Gasteiger partial charge is 0.490 e. The standard InChI is InChI=1S/C12H15N3O.2C2HF3O2/c1-2-4-11-10(3-1)13-12(14-11)9-15-5-7-16-8-6-15;2*3-2(4,5)1(6)7/h1-4H,5-9H2,(H,13,14);2*(H,6,7). The number of carboxylic acid groups (broad SMARTS) is 2. The van der Waals surface area contributed by atoms with E-state index in [0.29, 0.717) is 0 Å². The molecule has 14 heteroatoms. The number of hydrogen-bond acceptors (Lipinski definition) is 5. The Kier molecular flexibility index (Phi) is 9.04. The lowest BCUT2D eigenvalue weighted by Crippen LogP contribution is -2.35. The highest BCUT2D eigenvalue weighted by Gasteiger charge is 2.38. The molecule has 3 N–H and O–H groups in total. The molecule has 0 amide bonds. The number of aromatic amines is 1. The fourth-order valence-electron chi connectivity index (χ4n) is 2.05. The van der Waals surface area contributed by atoms with E-state index in [2.05, 4.69) is 20.9 Å². The molecule has 30 heavy (non-hydrogen) atoms. The van der Waals surface area contributed by atoms with Crippen LogP contribution >= 0.6 is 0 Å². The molecule has 168 valence electrons. The number of carboxylic acids is 2. The summed E-state index contributed by atoms with van der Waals surface area (Å²) in [7, 11) is 0. The number of nitrogens with one attached hydrogen (secondary N) is 1. The van der Waals surface area contributed by atoms with Crippen molar-refractivity contribution in [1.82, 2.24) is 14.9 Å². The number of halogens is 6. The van der Waals surface area contributed by atoms with Gasteiger partial charge in [-0.25, -0.2) is 14.6 Å². The van der Waals surface area contributed by atoms with Crippen molar-refractivity contribution in [3.05, 3.63) is 30.1 Å². The minimum Gasteiger partial charge on any atom is -0.475 e. The Morgan fingerprint density at radius 1 is 1.00 bits per heavy atom. The molecule has 1 fully saturated rings. The highest BCUT2D eigenvalue weighted by molar-refractivity contribution is 5.74. The van der Waals surface area contributed by atoms with Gasteiger partial charge in [0.25, 0.3) is 0 Å². The molecule has 0 atom stereocenters. The zero-order valence-electron chi connectivity index (χ0n) is 15.1. The van der Waals surface area contributed by atoms with Gasteiger partial charge in [-0.1, -0.05) is 12.1 Å². The van der Waals surface area contributed by atoms with Crippen molar-refractivity contribution in [2.24, 2.45) is 0 Å². The zero-order valence-corrected chi connectivity index (χ0v) is 15.1. The molecule has 0 spiro atoms. The van der Waals surface area contributed by atoms with Gasteiger partial charge in [0, 0.05) is 13.1 Å². The van der Waals surface area contributed by atoms with Gasteiger partial charge in [0.15, 0.2) is 0 Å². The van der Waals surface area contributed by atoms with E-state index < -0.39 is 24.3 Å². The first-order valence-electron chi connectivity index (χ1n) is 8.14. The number of hydrogen-bond donors (Lipinski definition) is 3. The molecule has 8 nitrogen and oxygen atoms in total. The summed E-state index contributed by atoms with van der Waals surface area (Å²) >= 11 is 0. The van der Waals surface area contributed by atoms with Crippen molar-refractivity contribution in [3.63, 3.8) is 0 Å². The zero-order chi connectivity index (χ0) is 22.9. The Balaban J connectivity index is 0.000000271. The maximum absolute atomic E-state index is 10.6. The quantitative estimate of drug-likeness (QED) is 0.609. The second kappa shape index (κ2) is 10.8. The Labute approximate surface area is 165 Å². The highest BCUT2D eigenvalue weighted by atomic mass is 19.4. The molecule has 0 aliphatic carbocycles. The van der Waals surface area contributed by atoms with Crippen molar-refractivity contribution in [2.45, 2.75) is 18.9 Å². The monoisotopic (exact) mass is 445 g/mol. The molecule has 0 bridgehead atoms. The van der Waals surface area contributed by atoms with E-state index in [-0.39, 0.29) is 0 Å². The third kappa shape index (κ3) is 9.09. The number of alkyl halides is 6. The van der Waals surface area contributed by atoms with E-state index in [1.54, 1.807) is 0 Å². The second-order valence-corrected chi connectivity index (χ2v) is 5.69. The molecule has 1 aromatic heterocycles. The number of H-pyrrole nitrogens is 1. The lowest BCUT2D eigenvalue weighted by molar-refractivity contribution is -0.193. The Hall–Kier alpha value is -2.87. The average molecular weight is 445 g/mol. The number of morpholine rings is 1. The van der Waals surface area contributed by atoms with Gasteiger partial charge in [0.2, 0.25) is 0 Å². The molecule has 1 saturated heterocycles. The van der Waals surface area contributed by atoms with Crippen molar-refractivity contribution in [2.75, 3.05) is 26.3 Å². The molecule has 2 aromatic rings. The van der Waals surface area contributed by atoms with E-state index in [4.69, 9.17) is 24.5 Å². The average Bonchev–Trinajstić information content (AvgIpc) is 3.04. The predicted molar refractivity (Wildman–Crippen MR) is 89.6 cm³/mol. The summed E-state index contributed by atoms with van der Waals surface area (Å²) in [5.74, 6) is -4.47. The number of para-hydroxylation sites is 2. The van der Waals surface area contributed by atoms with E-state index in [1.165, 1.54) is 0 Å². The molecule has 3 rings (SSSR count). The number of fused-ring (bicyclic) bond motifs is 1. The fraction of sp³-hybridized carbons (Fsp3) is 0.438. The number of ether oxygens (including phenoxy) is 1. The van der Waals surface area contributed by atoms with Gasteiger partial charge in [0.05, 0.1) is 30.8 Å². The first kappa shape index (κ1) is 25.2. The lowest BCUT2D eigenvalue weighted by atomic mass is 10.3. The first-order chi connectivity index (χ1) is 13.8. The summed E-state index contributed by atoms with van der Waals surface area (Å²) in [6.45, 7) is 4.55. The topological polar surface area (TPSA) is 116 Å². The Bertz CT molecular complexity index is 774. The van der Waals surface area contributed by atoms with Crippen molar-refractivity contribution < 1.29 is 50.9 Å². The van der Waals surface area contributed by atoms with Crippen molar-refractivity contribution in [1.29, 1.82) is 0 Å². The van der Waals surface area contributed by atoms with Crippen molar-refractivity contribution in [3.8, 4) is 0 Å². The number of nitrogens with zero attached hydrogens (tertiary/aromatic N) is 2. The number of aromatic nitrogens is 2. The maximum atomic E-state index is 10.6. The molecule has 0 radical (unpaired) electrons. The number of carbonyl (C=O) groups is 2.